The van der Waals surface area contributed by atoms with Crippen molar-refractivity contribution in [3.05, 3.63) is 48.5 Å². The van der Waals surface area contributed by atoms with Crippen LogP contribution in [0.1, 0.15) is 6.92 Å². The Bertz CT molecular complexity index is 837. The number of morpholine rings is 2. The molecule has 2 fully saturated rings. The summed E-state index contributed by atoms with van der Waals surface area (Å²) in [4.78, 5) is 18.7. The number of nitrogens with zero attached hydrogens (tertiary/aromatic N) is 2. The van der Waals surface area contributed by atoms with Crippen LogP contribution in [0.5, 0.6) is 0 Å². The van der Waals surface area contributed by atoms with Crippen LogP contribution in [-0.4, -0.2) is 63.8 Å². The van der Waals surface area contributed by atoms with E-state index in [9.17, 15) is 4.79 Å². The maximum absolute atomic E-state index is 12.9. The van der Waals surface area contributed by atoms with Crippen molar-refractivity contribution in [1.29, 1.82) is 0 Å². The number of ether oxygens (including phenoxy) is 2. The number of nitrogens with one attached hydrogen (secondary N) is 1. The lowest BCUT2D eigenvalue weighted by atomic mass is 10.1. The smallest absolute Gasteiger partial charge is 0.237 e. The first kappa shape index (κ1) is 21.0. The molecule has 2 aliphatic heterocycles. The number of anilines is 3. The van der Waals surface area contributed by atoms with Gasteiger partial charge in [0.15, 0.2) is 0 Å². The molecule has 30 heavy (non-hydrogen) atoms. The molecule has 2 aromatic carbocycles. The summed E-state index contributed by atoms with van der Waals surface area (Å²) >= 11 is 1.57. The molecule has 0 aromatic heterocycles. The van der Waals surface area contributed by atoms with E-state index in [1.165, 1.54) is 5.69 Å². The molecule has 1 atom stereocenters. The summed E-state index contributed by atoms with van der Waals surface area (Å²) in [5, 5.41) is 2.98. The van der Waals surface area contributed by atoms with E-state index in [1.807, 2.05) is 43.3 Å². The highest BCUT2D eigenvalue weighted by molar-refractivity contribution is 8.00. The van der Waals surface area contributed by atoms with Crippen molar-refractivity contribution in [3.8, 4) is 0 Å². The van der Waals surface area contributed by atoms with Gasteiger partial charge in [0, 0.05) is 36.8 Å². The Labute approximate surface area is 182 Å². The minimum atomic E-state index is -0.191. The van der Waals surface area contributed by atoms with Gasteiger partial charge in [0.25, 0.3) is 0 Å². The minimum absolute atomic E-state index is 0.0116. The van der Waals surface area contributed by atoms with Gasteiger partial charge in [-0.2, -0.15) is 0 Å². The van der Waals surface area contributed by atoms with E-state index >= 15 is 0 Å². The van der Waals surface area contributed by atoms with E-state index in [-0.39, 0.29) is 11.2 Å². The predicted molar refractivity (Wildman–Crippen MR) is 123 cm³/mol. The van der Waals surface area contributed by atoms with Crippen molar-refractivity contribution in [1.82, 2.24) is 0 Å². The molecule has 2 aromatic rings. The fraction of sp³-hybridized carbons (Fsp3) is 0.435. The third-order valence-electron chi connectivity index (χ3n) is 5.39. The van der Waals surface area contributed by atoms with Crippen LogP contribution in [0.25, 0.3) is 0 Å². The van der Waals surface area contributed by atoms with Crippen molar-refractivity contribution < 1.29 is 14.3 Å². The van der Waals surface area contributed by atoms with Gasteiger partial charge in [-0.3, -0.25) is 4.79 Å². The van der Waals surface area contributed by atoms with Gasteiger partial charge in [0.1, 0.15) is 0 Å². The number of hydrogen-bond acceptors (Lipinski definition) is 6. The van der Waals surface area contributed by atoms with E-state index < -0.39 is 0 Å². The molecular weight excluding hydrogens is 398 g/mol. The van der Waals surface area contributed by atoms with Crippen LogP contribution in [-0.2, 0) is 14.3 Å². The largest absolute Gasteiger partial charge is 0.378 e. The second-order valence-corrected chi connectivity index (χ2v) is 8.88. The number of carbonyl (C=O) groups excluding carboxylic acids is 1. The molecule has 0 saturated carbocycles. The number of hydrogen-bond donors (Lipinski definition) is 1. The van der Waals surface area contributed by atoms with Crippen molar-refractivity contribution >= 4 is 34.7 Å². The van der Waals surface area contributed by atoms with E-state index in [0.29, 0.717) is 13.2 Å². The first-order valence-electron chi connectivity index (χ1n) is 10.5. The molecule has 160 valence electrons. The Morgan fingerprint density at radius 1 is 0.933 bits per heavy atom. The van der Waals surface area contributed by atoms with Gasteiger partial charge in [-0.25, -0.2) is 0 Å². The van der Waals surface area contributed by atoms with E-state index in [1.54, 1.807) is 11.8 Å². The van der Waals surface area contributed by atoms with E-state index in [0.717, 1.165) is 55.7 Å². The molecule has 1 amide bonds. The number of amides is 1. The number of thioether (sulfide) groups is 1. The Kier molecular flexibility index (Phi) is 7.15. The number of rotatable bonds is 6. The SMILES string of the molecule is CC(Sc1ccccc1)C(=O)Nc1ccc(N2CCOCC2)cc1N1CCOCC1. The average Bonchev–Trinajstić information content (AvgIpc) is 2.81. The van der Waals surface area contributed by atoms with E-state index in [4.69, 9.17) is 9.47 Å². The van der Waals surface area contributed by atoms with Crippen molar-refractivity contribution in [2.75, 3.05) is 67.7 Å². The second kappa shape index (κ2) is 10.2. The van der Waals surface area contributed by atoms with Gasteiger partial charge in [-0.15, -0.1) is 11.8 Å². The average molecular weight is 428 g/mol. The number of carbonyl (C=O) groups is 1. The molecule has 4 rings (SSSR count). The van der Waals surface area contributed by atoms with Gasteiger partial charge in [0.2, 0.25) is 5.91 Å². The maximum atomic E-state index is 12.9. The highest BCUT2D eigenvalue weighted by Gasteiger charge is 2.21. The zero-order chi connectivity index (χ0) is 20.8. The van der Waals surface area contributed by atoms with Crippen LogP contribution in [0.4, 0.5) is 17.1 Å². The van der Waals surface area contributed by atoms with Crippen molar-refractivity contribution in [2.45, 2.75) is 17.1 Å². The number of benzene rings is 2. The first-order chi connectivity index (χ1) is 14.7. The third-order valence-corrected chi connectivity index (χ3v) is 6.50. The fourth-order valence-corrected chi connectivity index (χ4v) is 4.59. The molecule has 2 heterocycles. The molecule has 6 nitrogen and oxygen atoms in total. The van der Waals surface area contributed by atoms with Crippen LogP contribution < -0.4 is 15.1 Å². The Morgan fingerprint density at radius 3 is 2.23 bits per heavy atom. The van der Waals surface area contributed by atoms with Gasteiger partial charge in [-0.05, 0) is 37.3 Å². The Hall–Kier alpha value is -2.22. The zero-order valence-electron chi connectivity index (χ0n) is 17.4. The molecule has 0 spiro atoms. The summed E-state index contributed by atoms with van der Waals surface area (Å²) in [6.07, 6.45) is 0. The summed E-state index contributed by atoms with van der Waals surface area (Å²) < 4.78 is 11.0. The molecule has 2 saturated heterocycles. The molecule has 0 bridgehead atoms. The van der Waals surface area contributed by atoms with Crippen LogP contribution in [0, 0.1) is 0 Å². The molecule has 0 aliphatic carbocycles. The van der Waals surface area contributed by atoms with Crippen molar-refractivity contribution in [2.24, 2.45) is 0 Å². The molecule has 1 N–H and O–H groups in total. The van der Waals surface area contributed by atoms with Crippen LogP contribution in [0.3, 0.4) is 0 Å². The highest BCUT2D eigenvalue weighted by Crippen LogP contribution is 2.33. The van der Waals surface area contributed by atoms with Gasteiger partial charge >= 0.3 is 0 Å². The third kappa shape index (κ3) is 5.28. The predicted octanol–water partition coefficient (Wildman–Crippen LogP) is 3.48. The van der Waals surface area contributed by atoms with Crippen LogP contribution >= 0.6 is 11.8 Å². The molecule has 2 aliphatic rings. The summed E-state index contributed by atoms with van der Waals surface area (Å²) in [7, 11) is 0. The quantitative estimate of drug-likeness (QED) is 0.713. The zero-order valence-corrected chi connectivity index (χ0v) is 18.2. The van der Waals surface area contributed by atoms with Crippen molar-refractivity contribution in [3.63, 3.8) is 0 Å². The standard InChI is InChI=1S/C23H29N3O3S/c1-18(30-20-5-3-2-4-6-20)23(27)24-21-8-7-19(25-9-13-28-14-10-25)17-22(21)26-11-15-29-16-12-26/h2-8,17-18H,9-16H2,1H3,(H,24,27). The highest BCUT2D eigenvalue weighted by atomic mass is 32.2. The van der Waals surface area contributed by atoms with Crippen LogP contribution in [0.15, 0.2) is 53.4 Å². The lowest BCUT2D eigenvalue weighted by molar-refractivity contribution is -0.115. The topological polar surface area (TPSA) is 54.0 Å². The molecule has 0 radical (unpaired) electrons. The normalized spacial score (nSPS) is 18.2. The lowest BCUT2D eigenvalue weighted by Crippen LogP contribution is -2.38. The monoisotopic (exact) mass is 427 g/mol. The van der Waals surface area contributed by atoms with Gasteiger partial charge in [-0.1, -0.05) is 18.2 Å². The lowest BCUT2D eigenvalue weighted by Gasteiger charge is -2.33. The minimum Gasteiger partial charge on any atom is -0.378 e. The molecular formula is C23H29N3O3S. The van der Waals surface area contributed by atoms with Gasteiger partial charge < -0.3 is 24.6 Å². The summed E-state index contributed by atoms with van der Waals surface area (Å²) in [6, 6.07) is 16.4. The first-order valence-corrected chi connectivity index (χ1v) is 11.4. The van der Waals surface area contributed by atoms with Crippen LogP contribution in [0.2, 0.25) is 0 Å². The maximum Gasteiger partial charge on any atom is 0.237 e. The fourth-order valence-electron chi connectivity index (χ4n) is 3.70. The Morgan fingerprint density at radius 2 is 1.57 bits per heavy atom. The second-order valence-electron chi connectivity index (χ2n) is 7.46. The summed E-state index contributed by atoms with van der Waals surface area (Å²) in [6.45, 7) is 8.28. The molecule has 7 heteroatoms. The van der Waals surface area contributed by atoms with E-state index in [2.05, 4.69) is 27.2 Å². The Balaban J connectivity index is 1.52. The summed E-state index contributed by atoms with van der Waals surface area (Å²) in [5.41, 5.74) is 3.09. The molecule has 1 unspecified atom stereocenters. The van der Waals surface area contributed by atoms with Gasteiger partial charge in [0.05, 0.1) is 43.1 Å². The summed E-state index contributed by atoms with van der Waals surface area (Å²) in [5.74, 6) is 0.0116.